The molecule has 6 heteroatoms. The van der Waals surface area contributed by atoms with Gasteiger partial charge in [-0.15, -0.1) is 0 Å². The van der Waals surface area contributed by atoms with Gasteiger partial charge in [0, 0.05) is 17.8 Å². The Morgan fingerprint density at radius 2 is 2.14 bits per heavy atom. The number of esters is 1. The van der Waals surface area contributed by atoms with Crippen LogP contribution in [0.15, 0.2) is 6.07 Å². The van der Waals surface area contributed by atoms with Crippen molar-refractivity contribution in [2.75, 3.05) is 24.7 Å². The molecule has 1 aromatic rings. The summed E-state index contributed by atoms with van der Waals surface area (Å²) in [6.45, 7) is 6.95. The first-order valence-corrected chi connectivity index (χ1v) is 7.54. The fourth-order valence-corrected chi connectivity index (χ4v) is 2.03. The van der Waals surface area contributed by atoms with Gasteiger partial charge in [0.05, 0.1) is 13.2 Å². The van der Waals surface area contributed by atoms with E-state index in [0.717, 1.165) is 25.0 Å². The number of aromatic nitrogens is 2. The molecule has 0 aromatic carbocycles. The van der Waals surface area contributed by atoms with Crippen molar-refractivity contribution in [3.63, 3.8) is 0 Å². The van der Waals surface area contributed by atoms with Crippen LogP contribution in [0.2, 0.25) is 0 Å². The maximum absolute atomic E-state index is 11.8. The maximum Gasteiger partial charge on any atom is 0.325 e. The van der Waals surface area contributed by atoms with E-state index in [2.05, 4.69) is 9.97 Å². The van der Waals surface area contributed by atoms with Crippen LogP contribution >= 0.6 is 0 Å². The molecule has 0 amide bonds. The number of ether oxygens (including phenoxy) is 2. The lowest BCUT2D eigenvalue weighted by atomic mass is 10.4. The molecule has 116 valence electrons. The van der Waals surface area contributed by atoms with Gasteiger partial charge in [0.25, 0.3) is 0 Å². The van der Waals surface area contributed by atoms with E-state index in [1.807, 2.05) is 24.8 Å². The minimum atomic E-state index is -0.245. The summed E-state index contributed by atoms with van der Waals surface area (Å²) in [6.07, 6.45) is 3.04. The highest BCUT2D eigenvalue weighted by Crippen LogP contribution is 2.30. The molecule has 1 saturated carbocycles. The van der Waals surface area contributed by atoms with Crippen LogP contribution in [0.3, 0.4) is 0 Å². The Morgan fingerprint density at radius 3 is 2.76 bits per heavy atom. The van der Waals surface area contributed by atoms with Crippen LogP contribution < -0.4 is 9.64 Å². The number of nitrogens with zero attached hydrogens (tertiary/aromatic N) is 3. The highest BCUT2D eigenvalue weighted by molar-refractivity contribution is 5.75. The molecule has 0 unspecified atom stereocenters. The first kappa shape index (κ1) is 15.5. The van der Waals surface area contributed by atoms with Crippen molar-refractivity contribution < 1.29 is 14.3 Å². The predicted molar refractivity (Wildman–Crippen MR) is 79.6 cm³/mol. The molecule has 1 aliphatic carbocycles. The summed E-state index contributed by atoms with van der Waals surface area (Å²) in [5, 5.41) is 0. The highest BCUT2D eigenvalue weighted by atomic mass is 16.5. The smallest absolute Gasteiger partial charge is 0.325 e. The third kappa shape index (κ3) is 4.58. The second-order valence-electron chi connectivity index (χ2n) is 5.16. The third-order valence-corrected chi connectivity index (χ3v) is 3.12. The standard InChI is InChI=1S/C15H23N3O3/c1-4-8-21-13-9-11(3)16-15(17-13)18(12-6-7-12)10-14(19)20-5-2/h9,12H,4-8,10H2,1-3H3. The van der Waals surface area contributed by atoms with Crippen LogP contribution in [0.25, 0.3) is 0 Å². The summed E-state index contributed by atoms with van der Waals surface area (Å²) in [4.78, 5) is 22.5. The monoisotopic (exact) mass is 293 g/mol. The molecule has 1 aliphatic rings. The van der Waals surface area contributed by atoms with Crippen LogP contribution in [0.5, 0.6) is 5.88 Å². The van der Waals surface area contributed by atoms with Crippen molar-refractivity contribution >= 4 is 11.9 Å². The van der Waals surface area contributed by atoms with E-state index in [1.165, 1.54) is 0 Å². The molecule has 1 heterocycles. The normalized spacial score (nSPS) is 13.9. The first-order chi connectivity index (χ1) is 10.1. The molecule has 0 N–H and O–H groups in total. The van der Waals surface area contributed by atoms with Gasteiger partial charge in [-0.2, -0.15) is 4.98 Å². The lowest BCUT2D eigenvalue weighted by Crippen LogP contribution is -2.34. The summed E-state index contributed by atoms with van der Waals surface area (Å²) in [5.74, 6) is 0.871. The number of carbonyl (C=O) groups excluding carboxylic acids is 1. The maximum atomic E-state index is 11.8. The Hall–Kier alpha value is -1.85. The minimum Gasteiger partial charge on any atom is -0.478 e. The molecule has 21 heavy (non-hydrogen) atoms. The van der Waals surface area contributed by atoms with Crippen LogP contribution in [0, 0.1) is 6.92 Å². The summed E-state index contributed by atoms with van der Waals surface area (Å²) in [6, 6.07) is 2.14. The number of carbonyl (C=O) groups is 1. The van der Waals surface area contributed by atoms with Gasteiger partial charge in [-0.1, -0.05) is 6.92 Å². The summed E-state index contributed by atoms with van der Waals surface area (Å²) in [5.41, 5.74) is 0.834. The minimum absolute atomic E-state index is 0.190. The van der Waals surface area contributed by atoms with E-state index >= 15 is 0 Å². The zero-order valence-corrected chi connectivity index (χ0v) is 13.0. The number of rotatable bonds is 8. The van der Waals surface area contributed by atoms with E-state index in [-0.39, 0.29) is 12.5 Å². The van der Waals surface area contributed by atoms with Gasteiger partial charge >= 0.3 is 5.97 Å². The van der Waals surface area contributed by atoms with Crippen molar-refractivity contribution in [2.45, 2.75) is 46.1 Å². The van der Waals surface area contributed by atoms with Crippen LogP contribution in [-0.4, -0.2) is 41.7 Å². The van der Waals surface area contributed by atoms with Gasteiger partial charge < -0.3 is 14.4 Å². The Bertz CT molecular complexity index is 489. The van der Waals surface area contributed by atoms with Gasteiger partial charge in [0.2, 0.25) is 11.8 Å². The lowest BCUT2D eigenvalue weighted by molar-refractivity contribution is -0.141. The summed E-state index contributed by atoms with van der Waals surface area (Å²) < 4.78 is 10.6. The van der Waals surface area contributed by atoms with E-state index in [1.54, 1.807) is 6.92 Å². The molecule has 1 aromatic heterocycles. The van der Waals surface area contributed by atoms with E-state index in [9.17, 15) is 4.79 Å². The van der Waals surface area contributed by atoms with Gasteiger partial charge in [-0.3, -0.25) is 4.79 Å². The quantitative estimate of drug-likeness (QED) is 0.684. The topological polar surface area (TPSA) is 64.5 Å². The van der Waals surface area contributed by atoms with Gasteiger partial charge in [-0.05, 0) is 33.1 Å². The summed E-state index contributed by atoms with van der Waals surface area (Å²) in [7, 11) is 0. The van der Waals surface area contributed by atoms with Crippen molar-refractivity contribution in [1.82, 2.24) is 9.97 Å². The largest absolute Gasteiger partial charge is 0.478 e. The van der Waals surface area contributed by atoms with Crippen molar-refractivity contribution in [3.8, 4) is 5.88 Å². The molecule has 0 spiro atoms. The first-order valence-electron chi connectivity index (χ1n) is 7.54. The fourth-order valence-electron chi connectivity index (χ4n) is 2.03. The highest BCUT2D eigenvalue weighted by Gasteiger charge is 2.33. The fraction of sp³-hybridized carbons (Fsp3) is 0.667. The second-order valence-corrected chi connectivity index (χ2v) is 5.16. The number of hydrogen-bond acceptors (Lipinski definition) is 6. The number of aryl methyl sites for hydroxylation is 1. The van der Waals surface area contributed by atoms with E-state index in [4.69, 9.17) is 9.47 Å². The lowest BCUT2D eigenvalue weighted by Gasteiger charge is -2.22. The molecular formula is C15H23N3O3. The molecule has 0 bridgehead atoms. The Balaban J connectivity index is 2.15. The molecule has 2 rings (SSSR count). The van der Waals surface area contributed by atoms with Crippen LogP contribution in [0.4, 0.5) is 5.95 Å². The Labute approximate surface area is 125 Å². The van der Waals surface area contributed by atoms with Crippen molar-refractivity contribution in [2.24, 2.45) is 0 Å². The van der Waals surface area contributed by atoms with Crippen molar-refractivity contribution in [1.29, 1.82) is 0 Å². The summed E-state index contributed by atoms with van der Waals surface area (Å²) >= 11 is 0. The van der Waals surface area contributed by atoms with Crippen molar-refractivity contribution in [3.05, 3.63) is 11.8 Å². The van der Waals surface area contributed by atoms with Gasteiger partial charge in [0.1, 0.15) is 6.54 Å². The third-order valence-electron chi connectivity index (χ3n) is 3.12. The zero-order chi connectivity index (χ0) is 15.2. The molecule has 6 nitrogen and oxygen atoms in total. The number of anilines is 1. The average molecular weight is 293 g/mol. The molecule has 0 saturated heterocycles. The van der Waals surface area contributed by atoms with Gasteiger partial charge in [-0.25, -0.2) is 4.98 Å². The predicted octanol–water partition coefficient (Wildman–Crippen LogP) is 2.11. The Morgan fingerprint density at radius 1 is 1.38 bits per heavy atom. The van der Waals surface area contributed by atoms with E-state index in [0.29, 0.717) is 31.1 Å². The molecule has 0 radical (unpaired) electrons. The van der Waals surface area contributed by atoms with Crippen LogP contribution in [-0.2, 0) is 9.53 Å². The molecule has 1 fully saturated rings. The zero-order valence-electron chi connectivity index (χ0n) is 13.0. The van der Waals surface area contributed by atoms with Crippen LogP contribution in [0.1, 0.15) is 38.8 Å². The second kappa shape index (κ2) is 7.24. The average Bonchev–Trinajstić information content (AvgIpc) is 3.26. The SMILES string of the molecule is CCCOc1cc(C)nc(N(CC(=O)OCC)C2CC2)n1. The molecule has 0 aliphatic heterocycles. The van der Waals surface area contributed by atoms with E-state index < -0.39 is 0 Å². The Kier molecular flexibility index (Phi) is 5.36. The van der Waals surface area contributed by atoms with Gasteiger partial charge in [0.15, 0.2) is 0 Å². The molecule has 0 atom stereocenters. The number of hydrogen-bond donors (Lipinski definition) is 0. The molecular weight excluding hydrogens is 270 g/mol.